The van der Waals surface area contributed by atoms with E-state index >= 15 is 0 Å². The fourth-order valence-corrected chi connectivity index (χ4v) is 2.43. The van der Waals surface area contributed by atoms with Gasteiger partial charge >= 0.3 is 0 Å². The van der Waals surface area contributed by atoms with Crippen molar-refractivity contribution in [2.45, 2.75) is 38.3 Å². The number of nitroso groups, excluding NO2 is 1. The van der Waals surface area contributed by atoms with Gasteiger partial charge in [-0.05, 0) is 12.0 Å². The van der Waals surface area contributed by atoms with Crippen LogP contribution in [0, 0.1) is 4.91 Å². The number of hydrogen-bond acceptors (Lipinski definition) is 6. The number of carbonyl (C=O) groups excluding carboxylic acids is 4. The molecule has 0 radical (unpaired) electrons. The molecular formula is C19H26N4O5. The first-order valence-electron chi connectivity index (χ1n) is 9.01. The molecule has 0 aliphatic heterocycles. The molecule has 9 nitrogen and oxygen atoms in total. The lowest BCUT2D eigenvalue weighted by molar-refractivity contribution is -0.139. The Morgan fingerprint density at radius 1 is 1.11 bits per heavy atom. The Labute approximate surface area is 163 Å². The highest BCUT2D eigenvalue weighted by molar-refractivity contribution is 6.38. The molecule has 0 aliphatic carbocycles. The highest BCUT2D eigenvalue weighted by atomic mass is 16.3. The minimum absolute atomic E-state index is 0.186. The summed E-state index contributed by atoms with van der Waals surface area (Å²) in [4.78, 5) is 60.5. The second-order valence-corrected chi connectivity index (χ2v) is 6.45. The van der Waals surface area contributed by atoms with E-state index in [1.165, 1.54) is 4.90 Å². The number of benzene rings is 1. The van der Waals surface area contributed by atoms with Crippen LogP contribution in [0.3, 0.4) is 0 Å². The monoisotopic (exact) mass is 390 g/mol. The maximum atomic E-state index is 12.4. The van der Waals surface area contributed by atoms with Gasteiger partial charge in [-0.15, -0.1) is 0 Å². The second kappa shape index (κ2) is 11.6. The first kappa shape index (κ1) is 22.9. The van der Waals surface area contributed by atoms with Crippen molar-refractivity contribution in [2.24, 2.45) is 5.18 Å². The van der Waals surface area contributed by atoms with Crippen LogP contribution in [0.2, 0.25) is 0 Å². The molecule has 0 saturated heterocycles. The predicted octanol–water partition coefficient (Wildman–Crippen LogP) is 0.943. The molecule has 0 spiro atoms. The lowest BCUT2D eigenvalue weighted by atomic mass is 10.1. The fourth-order valence-electron chi connectivity index (χ4n) is 2.43. The highest BCUT2D eigenvalue weighted by Gasteiger charge is 2.27. The van der Waals surface area contributed by atoms with Crippen LogP contribution in [0.5, 0.6) is 0 Å². The average molecular weight is 390 g/mol. The number of ketones is 1. The van der Waals surface area contributed by atoms with Crippen molar-refractivity contribution >= 4 is 23.5 Å². The Morgan fingerprint density at radius 2 is 1.75 bits per heavy atom. The van der Waals surface area contributed by atoms with Gasteiger partial charge in [-0.3, -0.25) is 19.2 Å². The van der Waals surface area contributed by atoms with Crippen LogP contribution in [-0.4, -0.2) is 55.1 Å². The van der Waals surface area contributed by atoms with Crippen LogP contribution < -0.4 is 10.6 Å². The van der Waals surface area contributed by atoms with Gasteiger partial charge in [0.15, 0.2) is 6.04 Å². The largest absolute Gasteiger partial charge is 0.347 e. The van der Waals surface area contributed by atoms with E-state index in [-0.39, 0.29) is 12.3 Å². The molecule has 1 rings (SSSR count). The van der Waals surface area contributed by atoms with Crippen molar-refractivity contribution in [3.05, 3.63) is 40.8 Å². The Bertz CT molecular complexity index is 706. The Balaban J connectivity index is 2.70. The van der Waals surface area contributed by atoms with Crippen LogP contribution in [0.1, 0.15) is 37.8 Å². The van der Waals surface area contributed by atoms with Crippen molar-refractivity contribution in [2.75, 3.05) is 20.6 Å². The summed E-state index contributed by atoms with van der Waals surface area (Å²) in [6, 6.07) is 6.47. The second-order valence-electron chi connectivity index (χ2n) is 6.45. The lowest BCUT2D eigenvalue weighted by Crippen LogP contribution is -2.46. The SMILES string of the molecule is CCCCC(N=O)C(=O)C(=O)NCC(=O)NC(C(=O)N(C)C)c1ccccc1. The van der Waals surface area contributed by atoms with E-state index in [9.17, 15) is 24.1 Å². The topological polar surface area (TPSA) is 125 Å². The number of Topliss-reactive ketones (excluding diaryl/α,β-unsaturated/α-hetero) is 1. The number of amides is 3. The molecule has 2 atom stereocenters. The van der Waals surface area contributed by atoms with Crippen LogP contribution in [0.15, 0.2) is 35.5 Å². The molecular weight excluding hydrogens is 364 g/mol. The maximum absolute atomic E-state index is 12.4. The van der Waals surface area contributed by atoms with Crippen molar-refractivity contribution in [1.29, 1.82) is 0 Å². The van der Waals surface area contributed by atoms with E-state index in [4.69, 9.17) is 0 Å². The zero-order valence-electron chi connectivity index (χ0n) is 16.3. The molecule has 0 saturated carbocycles. The average Bonchev–Trinajstić information content (AvgIpc) is 2.70. The molecule has 0 aromatic heterocycles. The molecule has 0 bridgehead atoms. The van der Waals surface area contributed by atoms with Gasteiger partial charge in [-0.25, -0.2) is 0 Å². The number of nitrogens with zero attached hydrogens (tertiary/aromatic N) is 2. The molecule has 9 heteroatoms. The maximum Gasteiger partial charge on any atom is 0.290 e. The summed E-state index contributed by atoms with van der Waals surface area (Å²) in [5.74, 6) is -3.01. The first-order valence-corrected chi connectivity index (χ1v) is 9.01. The molecule has 1 aromatic carbocycles. The quantitative estimate of drug-likeness (QED) is 0.430. The third-order valence-corrected chi connectivity index (χ3v) is 4.02. The summed E-state index contributed by atoms with van der Waals surface area (Å²) in [7, 11) is 3.13. The summed E-state index contributed by atoms with van der Waals surface area (Å²) >= 11 is 0. The number of rotatable bonds is 11. The Kier molecular flexibility index (Phi) is 9.49. The number of unbranched alkanes of at least 4 members (excludes halogenated alkanes) is 1. The van der Waals surface area contributed by atoms with E-state index in [0.29, 0.717) is 12.0 Å². The Morgan fingerprint density at radius 3 is 2.29 bits per heavy atom. The number of carbonyl (C=O) groups is 4. The standard InChI is InChI=1S/C19H26N4O5/c1-4-5-11-14(22-28)17(25)18(26)20-12-15(24)21-16(19(27)23(2)3)13-9-7-6-8-10-13/h6-10,14,16H,4-5,11-12H2,1-3H3,(H,20,26)(H,21,24). The van der Waals surface area contributed by atoms with Gasteiger partial charge in [0.05, 0.1) is 6.54 Å². The minimum Gasteiger partial charge on any atom is -0.347 e. The summed E-state index contributed by atoms with van der Waals surface area (Å²) in [6.07, 6.45) is 1.53. The molecule has 2 unspecified atom stereocenters. The molecule has 2 N–H and O–H groups in total. The fraction of sp³-hybridized carbons (Fsp3) is 0.474. The molecule has 0 heterocycles. The van der Waals surface area contributed by atoms with Crippen LogP contribution >= 0.6 is 0 Å². The van der Waals surface area contributed by atoms with Gasteiger partial charge in [0.2, 0.25) is 17.6 Å². The summed E-state index contributed by atoms with van der Waals surface area (Å²) < 4.78 is 0. The van der Waals surface area contributed by atoms with Crippen molar-refractivity contribution in [1.82, 2.24) is 15.5 Å². The van der Waals surface area contributed by atoms with E-state index in [2.05, 4.69) is 15.8 Å². The molecule has 28 heavy (non-hydrogen) atoms. The zero-order chi connectivity index (χ0) is 21.1. The van der Waals surface area contributed by atoms with E-state index < -0.39 is 36.2 Å². The summed E-state index contributed by atoms with van der Waals surface area (Å²) in [6.45, 7) is 1.38. The highest BCUT2D eigenvalue weighted by Crippen LogP contribution is 2.14. The van der Waals surface area contributed by atoms with Crippen molar-refractivity contribution in [3.63, 3.8) is 0 Å². The predicted molar refractivity (Wildman–Crippen MR) is 103 cm³/mol. The van der Waals surface area contributed by atoms with Crippen LogP contribution in [0.4, 0.5) is 0 Å². The number of likely N-dealkylation sites (N-methyl/N-ethyl adjacent to an activating group) is 1. The van der Waals surface area contributed by atoms with E-state index in [1.807, 2.05) is 6.92 Å². The van der Waals surface area contributed by atoms with Crippen LogP contribution in [-0.2, 0) is 19.2 Å². The number of hydrogen-bond donors (Lipinski definition) is 2. The molecule has 152 valence electrons. The third kappa shape index (κ3) is 6.90. The summed E-state index contributed by atoms with van der Waals surface area (Å²) in [5.41, 5.74) is 0.585. The summed E-state index contributed by atoms with van der Waals surface area (Å²) in [5, 5.41) is 7.41. The van der Waals surface area contributed by atoms with Crippen LogP contribution in [0.25, 0.3) is 0 Å². The van der Waals surface area contributed by atoms with Gasteiger partial charge in [0, 0.05) is 14.1 Å². The zero-order valence-corrected chi connectivity index (χ0v) is 16.3. The molecule has 0 fully saturated rings. The smallest absolute Gasteiger partial charge is 0.290 e. The van der Waals surface area contributed by atoms with Crippen molar-refractivity contribution in [3.8, 4) is 0 Å². The Hall–Kier alpha value is -3.10. The van der Waals surface area contributed by atoms with Gasteiger partial charge in [-0.1, -0.05) is 55.3 Å². The molecule has 1 aromatic rings. The van der Waals surface area contributed by atoms with Gasteiger partial charge in [-0.2, -0.15) is 4.91 Å². The van der Waals surface area contributed by atoms with Crippen molar-refractivity contribution < 1.29 is 19.2 Å². The van der Waals surface area contributed by atoms with E-state index in [1.54, 1.807) is 44.4 Å². The van der Waals surface area contributed by atoms with Gasteiger partial charge in [0.25, 0.3) is 5.91 Å². The third-order valence-electron chi connectivity index (χ3n) is 4.02. The first-order chi connectivity index (χ1) is 13.3. The van der Waals surface area contributed by atoms with Gasteiger partial charge < -0.3 is 15.5 Å². The minimum atomic E-state index is -1.25. The molecule has 3 amide bonds. The lowest BCUT2D eigenvalue weighted by Gasteiger charge is -2.22. The molecule has 0 aliphatic rings. The van der Waals surface area contributed by atoms with E-state index in [0.717, 1.165) is 6.42 Å². The van der Waals surface area contributed by atoms with Gasteiger partial charge in [0.1, 0.15) is 6.04 Å². The number of nitrogens with one attached hydrogen (secondary N) is 2. The normalized spacial score (nSPS) is 12.4.